The highest BCUT2D eigenvalue weighted by molar-refractivity contribution is 7.68. The predicted molar refractivity (Wildman–Crippen MR) is 257 cm³/mol. The second-order valence-electron chi connectivity index (χ2n) is 15.8. The topological polar surface area (TPSA) is 668 Å². The molecule has 2 fully saturated rings. The van der Waals surface area contributed by atoms with Gasteiger partial charge in [-0.1, -0.05) is 12.8 Å². The molecule has 13 atom stereocenters. The molecule has 0 saturated carbocycles. The molecule has 2 aliphatic heterocycles. The molecule has 2 saturated heterocycles. The van der Waals surface area contributed by atoms with E-state index in [0.29, 0.717) is 25.8 Å². The molecule has 7 unspecified atom stereocenters. The standard InChI is InChI=1S/C15H28N7O13P3.C10H16N5O14P3.C5H14N2/c16-4-2-1-3-5-19-36(26,27)34-38(30,31)35-37(28,29)32-6-8-10(23)11(24)14(33-8)22-7-18-9-12(22)20-15(17)21-13(9)25;11-10-13-7-4(8(18)14-10)12-2-15(7)9-6(17)5(16)3(27-9)1-26-31(22,23)29-32(24,25)28-30(19,20)21;6-4-2-1-3-5-7/h7-8,10-11,14,23-24H,1-6,16H2,(H,28,29)(H,30,31)(H2,19,26,27)(H3,17,20,21,25);2-3,5-6,9,16-17H,1H2,(H,22,23)(H,24,25)(H2,19,20,21)(H3,11,13,14,18);1-7H2/t8-,10?,11+,14-;3-,5?,6+,9-;/m11./s1. The number of ether oxygens (including phenoxy) is 2. The Kier molecular flexibility index (Phi) is 24.1. The van der Waals surface area contributed by atoms with Crippen LogP contribution in [0.4, 0.5) is 11.9 Å². The van der Waals surface area contributed by atoms with Crippen molar-refractivity contribution in [3.05, 3.63) is 33.4 Å². The summed E-state index contributed by atoms with van der Waals surface area (Å²) in [6.45, 7) is -0.0535. The third kappa shape index (κ3) is 20.1. The predicted octanol–water partition coefficient (Wildman–Crippen LogP) is -3.87. The van der Waals surface area contributed by atoms with Gasteiger partial charge in [-0.3, -0.25) is 37.7 Å². The van der Waals surface area contributed by atoms with Crippen molar-refractivity contribution in [2.75, 3.05) is 50.9 Å². The van der Waals surface area contributed by atoms with Crippen LogP contribution in [0.15, 0.2) is 22.2 Å². The summed E-state index contributed by atoms with van der Waals surface area (Å²) in [5.41, 5.74) is 24.9. The quantitative estimate of drug-likeness (QED) is 0.0211. The first-order valence-corrected chi connectivity index (χ1v) is 30.9. The molecule has 0 amide bonds. The molecule has 47 heteroatoms. The number of anilines is 2. The van der Waals surface area contributed by atoms with Crippen LogP contribution < -0.4 is 44.9 Å². The summed E-state index contributed by atoms with van der Waals surface area (Å²) >= 11 is 0. The zero-order chi connectivity index (χ0) is 57.9. The van der Waals surface area contributed by atoms with E-state index in [0.717, 1.165) is 47.7 Å². The van der Waals surface area contributed by atoms with Gasteiger partial charge in [0.15, 0.2) is 34.8 Å². The van der Waals surface area contributed by atoms with Crippen LogP contribution in [0.3, 0.4) is 0 Å². The van der Waals surface area contributed by atoms with Crippen molar-refractivity contribution in [1.82, 2.24) is 44.1 Å². The van der Waals surface area contributed by atoms with Gasteiger partial charge in [0, 0.05) is 6.54 Å². The summed E-state index contributed by atoms with van der Waals surface area (Å²) in [6, 6.07) is 0. The number of rotatable bonds is 26. The van der Waals surface area contributed by atoms with E-state index in [1.165, 1.54) is 6.42 Å². The van der Waals surface area contributed by atoms with Gasteiger partial charge < -0.3 is 92.8 Å². The highest BCUT2D eigenvalue weighted by Crippen LogP contribution is 2.67. The fraction of sp³-hybridized carbons (Fsp3) is 0.667. The molecule has 0 radical (unpaired) electrons. The van der Waals surface area contributed by atoms with E-state index in [9.17, 15) is 77.0 Å². The Morgan fingerprint density at radius 2 is 0.935 bits per heavy atom. The molecular weight excluding hydrogens is 1170 g/mol. The lowest BCUT2D eigenvalue weighted by atomic mass is 10.1. The molecule has 41 nitrogen and oxygen atoms in total. The number of nitrogens with zero attached hydrogens (tertiary/aromatic N) is 6. The SMILES string of the molecule is NCCCCCN.NCCCCCNP(=O)(O)OP(=O)(O)OP(=O)(O)OC[C@H]1O[C@@H](n2cnc3c(=O)[nH]c(N)nc32)[C@@H](O)C1O.Nc1nc2c(ncn2[C@@H]2O[C@H](COP(=O)(O)OP(=O)(O)OP(=O)(O)O)C(O)[C@@H]2O)c(=O)[nH]1. The number of unbranched alkanes of at least 4 members (excludes halogenated alkanes) is 4. The van der Waals surface area contributed by atoms with Crippen LogP contribution in [0, 0.1) is 0 Å². The van der Waals surface area contributed by atoms with Gasteiger partial charge in [-0.25, -0.2) is 42.4 Å². The van der Waals surface area contributed by atoms with Crippen LogP contribution in [-0.2, 0) is 63.2 Å². The molecule has 0 bridgehead atoms. The number of nitrogens with one attached hydrogen (secondary N) is 3. The summed E-state index contributed by atoms with van der Waals surface area (Å²) < 4.78 is 107. The van der Waals surface area contributed by atoms with Crippen LogP contribution in [0.1, 0.15) is 51.0 Å². The Morgan fingerprint density at radius 1 is 0.558 bits per heavy atom. The molecular formula is C30H58N14O27P6. The van der Waals surface area contributed by atoms with Crippen LogP contribution in [0.25, 0.3) is 22.3 Å². The summed E-state index contributed by atoms with van der Waals surface area (Å²) in [5.74, 6) is -0.540. The first-order chi connectivity index (χ1) is 35.6. The number of nitrogen functional groups attached to an aromatic ring is 2. The number of fused-ring (bicyclic) bond motifs is 2. The molecule has 24 N–H and O–H groups in total. The summed E-state index contributed by atoms with van der Waals surface area (Å²) in [6.07, 6.45) is -5.51. The largest absolute Gasteiger partial charge is 0.490 e. The van der Waals surface area contributed by atoms with Crippen molar-refractivity contribution in [3.8, 4) is 0 Å². The van der Waals surface area contributed by atoms with E-state index < -0.39 is 120 Å². The highest BCUT2D eigenvalue weighted by Gasteiger charge is 2.49. The Labute approximate surface area is 431 Å². The highest BCUT2D eigenvalue weighted by atomic mass is 31.3. The molecule has 4 aromatic heterocycles. The number of imidazole rings is 2. The number of phosphoric acid groups is 5. The van der Waals surface area contributed by atoms with E-state index in [-0.39, 0.29) is 40.8 Å². The lowest BCUT2D eigenvalue weighted by molar-refractivity contribution is -0.0503. The number of aliphatic hydroxyl groups is 4. The smallest absolute Gasteiger partial charge is 0.387 e. The average Bonchev–Trinajstić information content (AvgIpc) is 4.04. The summed E-state index contributed by atoms with van der Waals surface area (Å²) in [5, 5.41) is 43.1. The van der Waals surface area contributed by atoms with Crippen molar-refractivity contribution in [2.45, 2.75) is 87.6 Å². The number of aliphatic hydroxyl groups excluding tert-OH is 4. The molecule has 440 valence electrons. The number of phosphoric ester groups is 2. The zero-order valence-electron chi connectivity index (χ0n) is 39.5. The van der Waals surface area contributed by atoms with Gasteiger partial charge in [0.1, 0.15) is 36.6 Å². The second kappa shape index (κ2) is 28.0. The van der Waals surface area contributed by atoms with Crippen molar-refractivity contribution in [2.24, 2.45) is 17.2 Å². The monoisotopic (exact) mass is 1230 g/mol. The number of hydrogen-bond acceptors (Lipinski definition) is 29. The van der Waals surface area contributed by atoms with E-state index in [4.69, 9.17) is 52.8 Å². The summed E-state index contributed by atoms with van der Waals surface area (Å²) in [7, 11) is -32.8. The molecule has 0 spiro atoms. The van der Waals surface area contributed by atoms with Gasteiger partial charge in [0.25, 0.3) is 11.1 Å². The maximum Gasteiger partial charge on any atom is 0.490 e. The number of nitrogens with two attached hydrogens (primary N) is 5. The molecule has 0 aromatic carbocycles. The molecule has 4 aromatic rings. The minimum Gasteiger partial charge on any atom is -0.387 e. The van der Waals surface area contributed by atoms with E-state index in [2.05, 4.69) is 56.2 Å². The molecule has 6 rings (SSSR count). The van der Waals surface area contributed by atoms with Crippen LogP contribution in [0.5, 0.6) is 0 Å². The Balaban J connectivity index is 0.000000299. The Bertz CT molecular complexity index is 3010. The van der Waals surface area contributed by atoms with Gasteiger partial charge in [-0.15, -0.1) is 0 Å². The van der Waals surface area contributed by atoms with Crippen molar-refractivity contribution in [1.29, 1.82) is 0 Å². The lowest BCUT2D eigenvalue weighted by Gasteiger charge is -2.20. The van der Waals surface area contributed by atoms with Gasteiger partial charge >= 0.3 is 46.9 Å². The number of H-pyrrole nitrogens is 2. The third-order valence-electron chi connectivity index (χ3n) is 9.86. The van der Waals surface area contributed by atoms with E-state index in [1.54, 1.807) is 0 Å². The van der Waals surface area contributed by atoms with Crippen molar-refractivity contribution >= 4 is 81.1 Å². The molecule has 0 aliphatic carbocycles. The fourth-order valence-electron chi connectivity index (χ4n) is 6.56. The third-order valence-corrected chi connectivity index (χ3v) is 18.1. The van der Waals surface area contributed by atoms with Crippen molar-refractivity contribution in [3.63, 3.8) is 0 Å². The van der Waals surface area contributed by atoms with E-state index >= 15 is 0 Å². The number of aromatic nitrogens is 8. The van der Waals surface area contributed by atoms with Crippen LogP contribution >= 0.6 is 46.9 Å². The minimum atomic E-state index is -5.73. The van der Waals surface area contributed by atoms with Gasteiger partial charge in [0.2, 0.25) is 11.9 Å². The average molecular weight is 1230 g/mol. The lowest BCUT2D eigenvalue weighted by Crippen LogP contribution is -2.33. The van der Waals surface area contributed by atoms with Crippen LogP contribution in [-0.4, -0.2) is 170 Å². The first-order valence-electron chi connectivity index (χ1n) is 21.8. The zero-order valence-corrected chi connectivity index (χ0v) is 44.8. The first kappa shape index (κ1) is 66.3. The minimum absolute atomic E-state index is 0.0931. The fourth-order valence-corrected chi connectivity index (χ4v) is 13.3. The number of aromatic amines is 2. The van der Waals surface area contributed by atoms with Crippen LogP contribution in [0.2, 0.25) is 0 Å². The van der Waals surface area contributed by atoms with E-state index in [1.807, 2.05) is 5.09 Å². The van der Waals surface area contributed by atoms with Gasteiger partial charge in [0.05, 0.1) is 25.9 Å². The Hall–Kier alpha value is -3.24. The Morgan fingerprint density at radius 3 is 1.31 bits per heavy atom. The van der Waals surface area contributed by atoms with Gasteiger partial charge in [-0.05, 0) is 45.3 Å². The number of hydrogen-bond donors (Lipinski definition) is 19. The van der Waals surface area contributed by atoms with Crippen molar-refractivity contribution < 1.29 is 118 Å². The van der Waals surface area contributed by atoms with Gasteiger partial charge in [-0.2, -0.15) is 27.2 Å². The summed E-state index contributed by atoms with van der Waals surface area (Å²) in [4.78, 5) is 108. The normalized spacial score (nSPS) is 25.6. The second-order valence-corrected chi connectivity index (χ2v) is 25.1. The molecule has 2 aliphatic rings. The molecule has 6 heterocycles. The molecule has 77 heavy (non-hydrogen) atoms. The maximum absolute atomic E-state index is 12.2. The maximum atomic E-state index is 12.2.